The second-order valence-corrected chi connectivity index (χ2v) is 6.73. The number of fused-ring (bicyclic) bond motifs is 1. The first-order valence-corrected chi connectivity index (χ1v) is 8.68. The molecule has 3 aromatic rings. The highest BCUT2D eigenvalue weighted by Crippen LogP contribution is 2.33. The van der Waals surface area contributed by atoms with Crippen molar-refractivity contribution < 1.29 is 10.2 Å². The standard InChI is InChI=1S/C19H18ClN3O2/c20-12-7-8-14-16(10-12)21-18(15-5-1-2-6-17(15)25)22-19(14)23-9-3-4-13(24)11-23/h1-2,5-8,10,13,24-25H,3-4,9,11H2. The lowest BCUT2D eigenvalue weighted by molar-refractivity contribution is 0.154. The number of phenolic OH excluding ortho intramolecular Hbond substituents is 1. The Labute approximate surface area is 150 Å². The number of benzene rings is 2. The summed E-state index contributed by atoms with van der Waals surface area (Å²) >= 11 is 6.15. The molecular weight excluding hydrogens is 338 g/mol. The van der Waals surface area contributed by atoms with E-state index in [2.05, 4.69) is 9.88 Å². The third-order valence-electron chi connectivity index (χ3n) is 4.48. The predicted octanol–water partition coefficient (Wildman–Crippen LogP) is 3.62. The maximum absolute atomic E-state index is 10.2. The summed E-state index contributed by atoms with van der Waals surface area (Å²) in [6, 6.07) is 12.5. The second-order valence-electron chi connectivity index (χ2n) is 6.29. The average Bonchev–Trinajstić information content (AvgIpc) is 2.61. The summed E-state index contributed by atoms with van der Waals surface area (Å²) in [5, 5.41) is 21.7. The van der Waals surface area contributed by atoms with Gasteiger partial charge in [0.05, 0.1) is 17.2 Å². The molecule has 0 saturated carbocycles. The van der Waals surface area contributed by atoms with E-state index >= 15 is 0 Å². The van der Waals surface area contributed by atoms with Crippen LogP contribution in [0.2, 0.25) is 5.02 Å². The lowest BCUT2D eigenvalue weighted by atomic mass is 10.1. The van der Waals surface area contributed by atoms with Gasteiger partial charge in [-0.3, -0.25) is 0 Å². The number of nitrogens with zero attached hydrogens (tertiary/aromatic N) is 3. The van der Waals surface area contributed by atoms with E-state index in [9.17, 15) is 10.2 Å². The Morgan fingerprint density at radius 1 is 1.12 bits per heavy atom. The molecule has 1 aliphatic heterocycles. The monoisotopic (exact) mass is 355 g/mol. The van der Waals surface area contributed by atoms with Gasteiger partial charge in [-0.25, -0.2) is 9.97 Å². The van der Waals surface area contributed by atoms with Crippen molar-refractivity contribution in [3.05, 3.63) is 47.5 Å². The van der Waals surface area contributed by atoms with Gasteiger partial charge in [-0.15, -0.1) is 0 Å². The number of phenols is 1. The number of anilines is 1. The van der Waals surface area contributed by atoms with Crippen molar-refractivity contribution in [1.29, 1.82) is 0 Å². The number of hydrogen-bond donors (Lipinski definition) is 2. The molecule has 0 spiro atoms. The largest absolute Gasteiger partial charge is 0.507 e. The van der Waals surface area contributed by atoms with Crippen LogP contribution in [-0.2, 0) is 0 Å². The van der Waals surface area contributed by atoms with Crippen LogP contribution in [0.4, 0.5) is 5.82 Å². The van der Waals surface area contributed by atoms with Crippen LogP contribution in [0, 0.1) is 0 Å². The molecule has 0 bridgehead atoms. The van der Waals surface area contributed by atoms with Crippen molar-refractivity contribution in [1.82, 2.24) is 9.97 Å². The number of para-hydroxylation sites is 1. The highest BCUT2D eigenvalue weighted by atomic mass is 35.5. The van der Waals surface area contributed by atoms with Crippen molar-refractivity contribution in [2.24, 2.45) is 0 Å². The Balaban J connectivity index is 1.92. The highest BCUT2D eigenvalue weighted by molar-refractivity contribution is 6.31. The van der Waals surface area contributed by atoms with Gasteiger partial charge < -0.3 is 15.1 Å². The maximum atomic E-state index is 10.2. The van der Waals surface area contributed by atoms with Crippen LogP contribution < -0.4 is 4.90 Å². The number of aromatic nitrogens is 2. The molecule has 4 rings (SSSR count). The van der Waals surface area contributed by atoms with Crippen molar-refractivity contribution in [2.45, 2.75) is 18.9 Å². The van der Waals surface area contributed by atoms with E-state index in [4.69, 9.17) is 16.6 Å². The van der Waals surface area contributed by atoms with Crippen molar-refractivity contribution in [2.75, 3.05) is 18.0 Å². The van der Waals surface area contributed by atoms with E-state index in [0.717, 1.165) is 36.1 Å². The SMILES string of the molecule is Oc1ccccc1-c1nc(N2CCCC(O)C2)c2ccc(Cl)cc2n1. The molecule has 0 amide bonds. The van der Waals surface area contributed by atoms with Gasteiger partial charge in [-0.1, -0.05) is 23.7 Å². The summed E-state index contributed by atoms with van der Waals surface area (Å²) in [4.78, 5) is 11.4. The molecule has 1 aliphatic rings. The van der Waals surface area contributed by atoms with Crippen molar-refractivity contribution in [3.63, 3.8) is 0 Å². The molecule has 1 aromatic heterocycles. The zero-order valence-corrected chi connectivity index (χ0v) is 14.3. The fourth-order valence-electron chi connectivity index (χ4n) is 3.26. The minimum Gasteiger partial charge on any atom is -0.507 e. The minimum atomic E-state index is -0.361. The van der Waals surface area contributed by atoms with E-state index in [1.807, 2.05) is 18.2 Å². The number of aromatic hydroxyl groups is 1. The molecule has 25 heavy (non-hydrogen) atoms. The Hall–Kier alpha value is -2.37. The molecule has 2 heterocycles. The van der Waals surface area contributed by atoms with Crippen LogP contribution in [0.3, 0.4) is 0 Å². The number of aliphatic hydroxyl groups is 1. The Morgan fingerprint density at radius 2 is 1.96 bits per heavy atom. The fraction of sp³-hybridized carbons (Fsp3) is 0.263. The number of β-amino-alcohol motifs (C(OH)–C–C–N with tert-alkyl or cyclic N) is 1. The molecule has 6 heteroatoms. The first-order chi connectivity index (χ1) is 12.1. The van der Waals surface area contributed by atoms with Crippen molar-refractivity contribution >= 4 is 28.3 Å². The molecule has 5 nitrogen and oxygen atoms in total. The lowest BCUT2D eigenvalue weighted by Crippen LogP contribution is -2.38. The molecule has 0 radical (unpaired) electrons. The van der Waals surface area contributed by atoms with Crippen LogP contribution in [0.25, 0.3) is 22.3 Å². The van der Waals surface area contributed by atoms with Gasteiger partial charge in [0.25, 0.3) is 0 Å². The summed E-state index contributed by atoms with van der Waals surface area (Å²) < 4.78 is 0. The maximum Gasteiger partial charge on any atom is 0.165 e. The van der Waals surface area contributed by atoms with E-state index in [-0.39, 0.29) is 11.9 Å². The molecule has 1 atom stereocenters. The number of rotatable bonds is 2. The summed E-state index contributed by atoms with van der Waals surface area (Å²) in [5.41, 5.74) is 1.29. The van der Waals surface area contributed by atoms with Gasteiger partial charge in [-0.2, -0.15) is 0 Å². The quantitative estimate of drug-likeness (QED) is 0.734. The summed E-state index contributed by atoms with van der Waals surface area (Å²) in [6.07, 6.45) is 1.35. The van der Waals surface area contributed by atoms with E-state index < -0.39 is 0 Å². The second kappa shape index (κ2) is 6.50. The predicted molar refractivity (Wildman–Crippen MR) is 99.1 cm³/mol. The number of halogens is 1. The van der Waals surface area contributed by atoms with Crippen LogP contribution in [0.5, 0.6) is 5.75 Å². The van der Waals surface area contributed by atoms with Gasteiger partial charge in [0.1, 0.15) is 11.6 Å². The van der Waals surface area contributed by atoms with Gasteiger partial charge in [0.15, 0.2) is 5.82 Å². The normalized spacial score (nSPS) is 17.8. The third-order valence-corrected chi connectivity index (χ3v) is 4.71. The van der Waals surface area contributed by atoms with Gasteiger partial charge in [0, 0.05) is 23.5 Å². The molecule has 128 valence electrons. The summed E-state index contributed by atoms with van der Waals surface area (Å²) in [5.74, 6) is 1.34. The molecule has 2 N–H and O–H groups in total. The summed E-state index contributed by atoms with van der Waals surface area (Å²) in [6.45, 7) is 1.36. The Bertz CT molecular complexity index is 932. The van der Waals surface area contributed by atoms with Crippen LogP contribution in [-0.4, -0.2) is 39.4 Å². The molecule has 1 fully saturated rings. The topological polar surface area (TPSA) is 69.5 Å². The smallest absolute Gasteiger partial charge is 0.165 e. The van der Waals surface area contributed by atoms with E-state index in [0.29, 0.717) is 23.0 Å². The van der Waals surface area contributed by atoms with E-state index in [1.54, 1.807) is 24.3 Å². The molecule has 0 aliphatic carbocycles. The molecule has 1 saturated heterocycles. The Morgan fingerprint density at radius 3 is 2.76 bits per heavy atom. The first-order valence-electron chi connectivity index (χ1n) is 8.30. The van der Waals surface area contributed by atoms with Gasteiger partial charge >= 0.3 is 0 Å². The van der Waals surface area contributed by atoms with E-state index in [1.165, 1.54) is 0 Å². The molecule has 2 aromatic carbocycles. The highest BCUT2D eigenvalue weighted by Gasteiger charge is 2.22. The van der Waals surface area contributed by atoms with Crippen LogP contribution in [0.1, 0.15) is 12.8 Å². The Kier molecular flexibility index (Phi) is 4.19. The van der Waals surface area contributed by atoms with Gasteiger partial charge in [0.2, 0.25) is 0 Å². The van der Waals surface area contributed by atoms with Crippen LogP contribution in [0.15, 0.2) is 42.5 Å². The zero-order valence-electron chi connectivity index (χ0n) is 13.6. The zero-order chi connectivity index (χ0) is 17.4. The minimum absolute atomic E-state index is 0.133. The van der Waals surface area contributed by atoms with Gasteiger partial charge in [-0.05, 0) is 43.2 Å². The number of hydrogen-bond acceptors (Lipinski definition) is 5. The number of aliphatic hydroxyl groups excluding tert-OH is 1. The first kappa shape index (κ1) is 16.1. The van der Waals surface area contributed by atoms with Crippen molar-refractivity contribution in [3.8, 4) is 17.1 Å². The summed E-state index contributed by atoms with van der Waals surface area (Å²) in [7, 11) is 0. The average molecular weight is 356 g/mol. The third kappa shape index (κ3) is 3.13. The fourth-order valence-corrected chi connectivity index (χ4v) is 3.42. The lowest BCUT2D eigenvalue weighted by Gasteiger charge is -2.32. The number of piperidine rings is 1. The van der Waals surface area contributed by atoms with Crippen LogP contribution >= 0.6 is 11.6 Å². The molecule has 1 unspecified atom stereocenters. The molecular formula is C19H18ClN3O2.